The van der Waals surface area contributed by atoms with Crippen LogP contribution >= 0.6 is 0 Å². The van der Waals surface area contributed by atoms with Crippen LogP contribution in [0.25, 0.3) is 112 Å². The number of likely N-dealkylation sites (N-methyl/N-ethyl adjacent to an activating group) is 1. The van der Waals surface area contributed by atoms with Gasteiger partial charge >= 0.3 is 0 Å². The minimum atomic E-state index is -0.402. The fourth-order valence-electron chi connectivity index (χ4n) is 17.0. The number of hydrogen-bond donors (Lipinski definition) is 3. The van der Waals surface area contributed by atoms with Crippen molar-refractivity contribution in [3.63, 3.8) is 0 Å². The zero-order chi connectivity index (χ0) is 86.6. The molecule has 5 saturated heterocycles. The topological polar surface area (TPSA) is 351 Å². The molecule has 3 N–H and O–H groups in total. The maximum absolute atomic E-state index is 11.8. The molecular formula is C99H95N15O12. The Bertz CT molecular complexity index is 6430. The second-order valence-electron chi connectivity index (χ2n) is 32.2. The van der Waals surface area contributed by atoms with E-state index in [1.807, 2.05) is 135 Å². The number of rotatable bonds is 17. The van der Waals surface area contributed by atoms with Gasteiger partial charge in [-0.25, -0.2) is 15.0 Å². The molecule has 126 heavy (non-hydrogen) atoms. The molecule has 9 aromatic heterocycles. The second-order valence-corrected chi connectivity index (χ2v) is 32.2. The Hall–Kier alpha value is -13.9. The number of aromatic nitrogens is 10. The fraction of sp³-hybridized carbons (Fsp3) is 0.323. The molecule has 13 aromatic rings. The molecule has 0 unspecified atom stereocenters. The number of ether oxygens (including phenoxy) is 10. The number of nitrogens with zero attached hydrogens (tertiary/aromatic N) is 12. The maximum Gasteiger partial charge on any atom is 0.246 e. The number of amides is 1. The van der Waals surface area contributed by atoms with Crippen molar-refractivity contribution in [1.29, 1.82) is 21.0 Å². The van der Waals surface area contributed by atoms with Crippen molar-refractivity contribution >= 4 is 51.2 Å². The first-order valence-corrected chi connectivity index (χ1v) is 42.7. The summed E-state index contributed by atoms with van der Waals surface area (Å²) in [6, 6.07) is 48.2. The molecule has 1 spiro atoms. The van der Waals surface area contributed by atoms with Crippen LogP contribution in [0.3, 0.4) is 0 Å². The van der Waals surface area contributed by atoms with Crippen molar-refractivity contribution in [3.8, 4) is 114 Å². The van der Waals surface area contributed by atoms with Crippen LogP contribution < -0.4 is 18.9 Å². The number of hydrogen-bond acceptors (Lipinski definition) is 22. The number of carbonyl (C=O) groups excluding carboxylic acids is 1. The van der Waals surface area contributed by atoms with Crippen molar-refractivity contribution in [2.45, 2.75) is 121 Å². The lowest BCUT2D eigenvalue weighted by atomic mass is 9.89. The van der Waals surface area contributed by atoms with E-state index in [-0.39, 0.29) is 30.3 Å². The Morgan fingerprint density at radius 3 is 1.36 bits per heavy atom. The van der Waals surface area contributed by atoms with Gasteiger partial charge in [0.2, 0.25) is 5.91 Å². The number of benzene rings is 4. The van der Waals surface area contributed by atoms with Gasteiger partial charge in [0.1, 0.15) is 94.4 Å². The maximum atomic E-state index is 11.8. The minimum Gasteiger partial charge on any atom is -0.489 e. The van der Waals surface area contributed by atoms with Crippen molar-refractivity contribution < 1.29 is 56.7 Å². The molecular weight excluding hydrogens is 1590 g/mol. The molecule has 0 atom stereocenters. The summed E-state index contributed by atoms with van der Waals surface area (Å²) in [4.78, 5) is 41.3. The molecule has 27 nitrogen and oxygen atoms in total. The summed E-state index contributed by atoms with van der Waals surface area (Å²) in [6.45, 7) is 10.8. The van der Waals surface area contributed by atoms with Crippen LogP contribution in [0.1, 0.15) is 121 Å². The van der Waals surface area contributed by atoms with Gasteiger partial charge < -0.3 is 71.7 Å². The second kappa shape index (κ2) is 38.5. The Balaban J connectivity index is 0.000000119. The number of aryl methyl sites for hydroxylation is 3. The van der Waals surface area contributed by atoms with Crippen LogP contribution in [0.4, 0.5) is 0 Å². The van der Waals surface area contributed by atoms with Gasteiger partial charge in [-0.1, -0.05) is 35.5 Å². The van der Waals surface area contributed by atoms with Gasteiger partial charge in [-0.05, 0) is 185 Å². The summed E-state index contributed by atoms with van der Waals surface area (Å²) in [5.74, 6) is 2.76. The monoisotopic (exact) mass is 1690 g/mol. The molecule has 638 valence electrons. The third-order valence-corrected chi connectivity index (χ3v) is 23.8. The van der Waals surface area contributed by atoms with Crippen molar-refractivity contribution in [2.24, 2.45) is 7.05 Å². The van der Waals surface area contributed by atoms with Crippen LogP contribution in [0.2, 0.25) is 0 Å². The lowest BCUT2D eigenvalue weighted by Gasteiger charge is -2.31. The van der Waals surface area contributed by atoms with E-state index in [4.69, 9.17) is 51.9 Å². The van der Waals surface area contributed by atoms with E-state index in [0.717, 1.165) is 206 Å². The van der Waals surface area contributed by atoms with E-state index in [1.54, 1.807) is 45.0 Å². The van der Waals surface area contributed by atoms with E-state index in [2.05, 4.69) is 99.8 Å². The fourth-order valence-corrected chi connectivity index (χ4v) is 17.0. The summed E-state index contributed by atoms with van der Waals surface area (Å²) in [6.07, 6.45) is 27.3. The van der Waals surface area contributed by atoms with Gasteiger partial charge in [-0.15, -0.1) is 0 Å². The van der Waals surface area contributed by atoms with Gasteiger partial charge in [0, 0.05) is 156 Å². The zero-order valence-electron chi connectivity index (χ0n) is 70.9. The van der Waals surface area contributed by atoms with Crippen molar-refractivity contribution in [1.82, 2.24) is 54.7 Å². The van der Waals surface area contributed by atoms with Crippen molar-refractivity contribution in [3.05, 3.63) is 226 Å². The van der Waals surface area contributed by atoms with Gasteiger partial charge in [-0.2, -0.15) is 26.1 Å². The van der Waals surface area contributed by atoms with E-state index in [0.29, 0.717) is 111 Å². The quantitative estimate of drug-likeness (QED) is 0.0713. The predicted molar refractivity (Wildman–Crippen MR) is 474 cm³/mol. The molecule has 2 aliphatic carbocycles. The third kappa shape index (κ3) is 18.9. The number of aromatic amines is 3. The SMILES string of the molecule is CN(C)C(=O)/C=C/c1cc2c(-c3ccc(OC4CCOCC4)c(C#N)c3)ccnc2[nH]1.Cc1noc(C)c1-c1cc2c(-c3ccc(OC4CCOCC4)c(C#N)c3)ccnc2[nH]1.Cn1nccc1-c1cc2c(-c3ccc(OC4CCOCC4)c(C#N)c3)ccnc2[nH]1.N#Cc1cc(-c2ccnc3c2C=C(C2=CCC4(CC2)OCCO4)C3)ccc1OC1CCOCC1. The van der Waals surface area contributed by atoms with Crippen molar-refractivity contribution in [2.75, 3.05) is 80.2 Å². The molecule has 27 heteroatoms. The molecule has 0 radical (unpaired) electrons. The number of nitrogens with one attached hydrogen (secondary N) is 3. The lowest BCUT2D eigenvalue weighted by Crippen LogP contribution is -2.31. The van der Waals surface area contributed by atoms with Crippen LogP contribution in [0, 0.1) is 59.2 Å². The number of fused-ring (bicyclic) bond motifs is 4. The molecule has 1 amide bonds. The van der Waals surface area contributed by atoms with E-state index < -0.39 is 5.79 Å². The molecule has 0 saturated carbocycles. The summed E-state index contributed by atoms with van der Waals surface area (Å²) in [5, 5.41) is 50.1. The molecule has 20 rings (SSSR count). The molecule has 5 fully saturated rings. The summed E-state index contributed by atoms with van der Waals surface area (Å²) < 4.78 is 64.8. The van der Waals surface area contributed by atoms with Crippen LogP contribution in [-0.2, 0) is 46.7 Å². The average Bonchev–Trinajstić information content (AvgIpc) is 1.62. The number of allylic oxidation sites excluding steroid dienone is 2. The highest BCUT2D eigenvalue weighted by atomic mass is 16.7. The van der Waals surface area contributed by atoms with E-state index >= 15 is 0 Å². The number of nitriles is 4. The largest absolute Gasteiger partial charge is 0.489 e. The van der Waals surface area contributed by atoms with Crippen LogP contribution in [-0.4, -0.2) is 171 Å². The van der Waals surface area contributed by atoms with Gasteiger partial charge in [0.15, 0.2) is 5.79 Å². The predicted octanol–water partition coefficient (Wildman–Crippen LogP) is 17.7. The Labute approximate surface area is 728 Å². The Kier molecular flexibility index (Phi) is 25.8. The highest BCUT2D eigenvalue weighted by Crippen LogP contribution is 2.44. The van der Waals surface area contributed by atoms with Crippen LogP contribution in [0.15, 0.2) is 180 Å². The summed E-state index contributed by atoms with van der Waals surface area (Å²) >= 11 is 0. The normalized spacial score (nSPS) is 16.5. The average molecular weight is 1690 g/mol. The first-order valence-electron chi connectivity index (χ1n) is 42.7. The number of pyridine rings is 4. The standard InChI is InChI=1S/C28H28N2O4.C24H22N4O3.C24H24N4O3.C23H21N5O2/c29-18-22-15-20(1-2-27(22)34-23-6-11-31-12-7-23)24-5-10-30-26-17-21(16-25(24)26)19-3-8-28(9-4-19)32-13-14-33-28;1-14-23(15(2)31-28-14)21-12-20-19(5-8-26-24(20)27-21)16-3-4-22(17(11-16)13-25)30-18-6-9-29-10-7-18;1-28(2)23(29)6-4-18-14-21-20(7-10-26-24(21)27-18)16-3-5-22(17(13-16)15-25)31-19-8-11-30-12-9-19;1-28-21(5-9-26-28)20-13-19-18(4-8-25-23(19)27-20)15-2-3-22(16(12-15)14-24)30-17-6-10-29-11-7-17/h1-3,5,10,15-16,23H,4,6-9,11-14,17H2;3-5,8,11-12,18H,6-7,9-10H2,1-2H3,(H,26,27);3-7,10,13-14,19H,8-9,11-12H2,1-2H3,(H,26,27);2-5,8-9,12-13,17H,6-7,10-11H2,1H3,(H,25,27)/b;;6-4+;. The van der Waals surface area contributed by atoms with Gasteiger partial charge in [0.25, 0.3) is 0 Å². The summed E-state index contributed by atoms with van der Waals surface area (Å²) in [5.41, 5.74) is 22.6. The van der Waals surface area contributed by atoms with Gasteiger partial charge in [0.05, 0.1) is 122 Å². The van der Waals surface area contributed by atoms with Gasteiger partial charge in [-0.3, -0.25) is 14.5 Å². The molecule has 0 bridgehead atoms. The Morgan fingerprint density at radius 2 is 0.937 bits per heavy atom. The zero-order valence-corrected chi connectivity index (χ0v) is 70.9. The number of carbonyl (C=O) groups is 1. The molecule has 5 aliphatic heterocycles. The van der Waals surface area contributed by atoms with E-state index in [9.17, 15) is 25.8 Å². The third-order valence-electron chi connectivity index (χ3n) is 23.8. The minimum absolute atomic E-state index is 0.0724. The molecule has 4 aromatic carbocycles. The molecule has 7 aliphatic rings. The smallest absolute Gasteiger partial charge is 0.246 e. The first-order chi connectivity index (χ1) is 61.6. The van der Waals surface area contributed by atoms with Crippen LogP contribution in [0.5, 0.6) is 23.0 Å². The Morgan fingerprint density at radius 1 is 0.508 bits per heavy atom. The lowest BCUT2D eigenvalue weighted by molar-refractivity contribution is -0.161. The molecule has 14 heterocycles. The highest BCUT2D eigenvalue weighted by Gasteiger charge is 2.39. The highest BCUT2D eigenvalue weighted by molar-refractivity contribution is 5.99. The van der Waals surface area contributed by atoms with E-state index in [1.165, 1.54) is 22.1 Å². The first kappa shape index (κ1) is 84.3. The summed E-state index contributed by atoms with van der Waals surface area (Å²) in [7, 11) is 5.32. The number of H-pyrrole nitrogens is 3.